The topological polar surface area (TPSA) is 75.9 Å². The van der Waals surface area contributed by atoms with Crippen molar-refractivity contribution < 1.29 is 17.7 Å². The summed E-state index contributed by atoms with van der Waals surface area (Å²) in [6.45, 7) is 9.98. The number of piperazine rings is 1. The van der Waals surface area contributed by atoms with Gasteiger partial charge in [-0.15, -0.1) is 0 Å². The zero-order valence-corrected chi connectivity index (χ0v) is 16.5. The maximum Gasteiger partial charge on any atom is 0.243 e. The van der Waals surface area contributed by atoms with E-state index in [4.69, 9.17) is 9.26 Å². The van der Waals surface area contributed by atoms with Crippen molar-refractivity contribution in [3.8, 4) is 5.75 Å². The van der Waals surface area contributed by atoms with E-state index in [1.165, 1.54) is 0 Å². The molecule has 1 aliphatic heterocycles. The van der Waals surface area contributed by atoms with Gasteiger partial charge in [0.1, 0.15) is 11.5 Å². The Kier molecular flexibility index (Phi) is 5.24. The second kappa shape index (κ2) is 7.28. The van der Waals surface area contributed by atoms with Crippen LogP contribution in [0.15, 0.2) is 27.6 Å². The number of rotatable bonds is 5. The van der Waals surface area contributed by atoms with Crippen LogP contribution in [-0.4, -0.2) is 50.7 Å². The molecular formula is C18H25N3O4S. The monoisotopic (exact) mass is 379 g/mol. The smallest absolute Gasteiger partial charge is 0.243 e. The van der Waals surface area contributed by atoms with Crippen LogP contribution in [0.1, 0.15) is 23.8 Å². The molecule has 0 saturated carbocycles. The molecule has 142 valence electrons. The van der Waals surface area contributed by atoms with E-state index in [9.17, 15) is 8.42 Å². The number of aryl methyl sites for hydroxylation is 3. The average molecular weight is 379 g/mol. The van der Waals surface area contributed by atoms with Gasteiger partial charge in [0, 0.05) is 32.2 Å². The lowest BCUT2D eigenvalue weighted by atomic mass is 10.1. The van der Waals surface area contributed by atoms with Crippen LogP contribution in [0.2, 0.25) is 0 Å². The minimum absolute atomic E-state index is 0.351. The Morgan fingerprint density at radius 3 is 2.35 bits per heavy atom. The third kappa shape index (κ3) is 3.57. The number of hydrogen-bond donors (Lipinski definition) is 0. The molecule has 0 bridgehead atoms. The van der Waals surface area contributed by atoms with E-state index >= 15 is 0 Å². The van der Waals surface area contributed by atoms with Crippen LogP contribution in [0.5, 0.6) is 5.75 Å². The third-order valence-corrected chi connectivity index (χ3v) is 6.61. The zero-order valence-electron chi connectivity index (χ0n) is 15.7. The van der Waals surface area contributed by atoms with Crippen LogP contribution in [0.4, 0.5) is 5.82 Å². The number of hydrogen-bond acceptors (Lipinski definition) is 6. The van der Waals surface area contributed by atoms with Crippen LogP contribution < -0.4 is 9.64 Å². The fourth-order valence-electron chi connectivity index (χ4n) is 3.15. The summed E-state index contributed by atoms with van der Waals surface area (Å²) in [5, 5.41) is 4.01. The third-order valence-electron chi connectivity index (χ3n) is 4.57. The molecule has 1 saturated heterocycles. The van der Waals surface area contributed by atoms with Gasteiger partial charge in [-0.2, -0.15) is 4.31 Å². The molecule has 2 heterocycles. The molecule has 0 atom stereocenters. The molecule has 1 aliphatic rings. The molecule has 0 spiro atoms. The maximum atomic E-state index is 13.1. The fourth-order valence-corrected chi connectivity index (χ4v) is 4.86. The van der Waals surface area contributed by atoms with Gasteiger partial charge in [0.25, 0.3) is 0 Å². The summed E-state index contributed by atoms with van der Waals surface area (Å²) in [5.41, 5.74) is 1.53. The van der Waals surface area contributed by atoms with Crippen molar-refractivity contribution in [1.82, 2.24) is 9.46 Å². The highest BCUT2D eigenvalue weighted by molar-refractivity contribution is 7.89. The molecular weight excluding hydrogens is 354 g/mol. The summed E-state index contributed by atoms with van der Waals surface area (Å²) in [7, 11) is -3.54. The lowest BCUT2D eigenvalue weighted by molar-refractivity contribution is 0.337. The van der Waals surface area contributed by atoms with Crippen LogP contribution in [0, 0.1) is 20.8 Å². The van der Waals surface area contributed by atoms with Crippen molar-refractivity contribution in [2.24, 2.45) is 0 Å². The SMILES string of the molecule is CCOc1cc(C)c(S(=O)(=O)N2CCN(c3cc(C)on3)CC2)cc1C. The maximum absolute atomic E-state index is 13.1. The van der Waals surface area contributed by atoms with Gasteiger partial charge < -0.3 is 14.2 Å². The first-order chi connectivity index (χ1) is 12.3. The fraction of sp³-hybridized carbons (Fsp3) is 0.500. The molecule has 3 rings (SSSR count). The van der Waals surface area contributed by atoms with Crippen molar-refractivity contribution >= 4 is 15.8 Å². The molecule has 26 heavy (non-hydrogen) atoms. The summed E-state index contributed by atoms with van der Waals surface area (Å²) in [6.07, 6.45) is 0. The summed E-state index contributed by atoms with van der Waals surface area (Å²) >= 11 is 0. The number of ether oxygens (including phenoxy) is 1. The summed E-state index contributed by atoms with van der Waals surface area (Å²) < 4.78 is 38.4. The highest BCUT2D eigenvalue weighted by atomic mass is 32.2. The van der Waals surface area contributed by atoms with Crippen molar-refractivity contribution in [3.05, 3.63) is 35.1 Å². The van der Waals surface area contributed by atoms with Gasteiger partial charge >= 0.3 is 0 Å². The molecule has 0 amide bonds. The zero-order chi connectivity index (χ0) is 18.9. The number of anilines is 1. The first kappa shape index (κ1) is 18.7. The lowest BCUT2D eigenvalue weighted by Gasteiger charge is -2.34. The van der Waals surface area contributed by atoms with Gasteiger partial charge in [0.2, 0.25) is 10.0 Å². The largest absolute Gasteiger partial charge is 0.494 e. The minimum atomic E-state index is -3.54. The predicted octanol–water partition coefficient (Wildman–Crippen LogP) is 2.51. The summed E-state index contributed by atoms with van der Waals surface area (Å²) in [4.78, 5) is 2.39. The Bertz CT molecular complexity index is 884. The molecule has 0 radical (unpaired) electrons. The van der Waals surface area contributed by atoms with Crippen molar-refractivity contribution in [1.29, 1.82) is 0 Å². The van der Waals surface area contributed by atoms with Gasteiger partial charge in [-0.1, -0.05) is 5.16 Å². The van der Waals surface area contributed by atoms with E-state index in [1.54, 1.807) is 16.4 Å². The summed E-state index contributed by atoms with van der Waals surface area (Å²) in [5.74, 6) is 2.23. The molecule has 7 nitrogen and oxygen atoms in total. The Balaban J connectivity index is 1.78. The van der Waals surface area contributed by atoms with Crippen molar-refractivity contribution in [2.75, 3.05) is 37.7 Å². The van der Waals surface area contributed by atoms with Gasteiger partial charge in [-0.05, 0) is 51.0 Å². The minimum Gasteiger partial charge on any atom is -0.494 e. The summed E-state index contributed by atoms with van der Waals surface area (Å²) in [6, 6.07) is 5.38. The molecule has 8 heteroatoms. The number of sulfonamides is 1. The Hall–Kier alpha value is -2.06. The van der Waals surface area contributed by atoms with E-state index in [0.717, 1.165) is 22.9 Å². The van der Waals surface area contributed by atoms with Crippen LogP contribution >= 0.6 is 0 Å². The van der Waals surface area contributed by atoms with E-state index in [1.807, 2.05) is 38.7 Å². The lowest BCUT2D eigenvalue weighted by Crippen LogP contribution is -2.48. The van der Waals surface area contributed by atoms with Gasteiger partial charge in [-0.25, -0.2) is 8.42 Å². The standard InChI is InChI=1S/C18H25N3O4S/c1-5-24-16-10-14(3)17(11-13(16)2)26(22,23)21-8-6-20(7-9-21)18-12-15(4)25-19-18/h10-12H,5-9H2,1-4H3. The Morgan fingerprint density at radius 1 is 1.08 bits per heavy atom. The molecule has 1 fully saturated rings. The molecule has 1 aromatic heterocycles. The van der Waals surface area contributed by atoms with Gasteiger partial charge in [0.15, 0.2) is 5.82 Å². The molecule has 0 N–H and O–H groups in total. The Labute approximate surface area is 154 Å². The average Bonchev–Trinajstić information content (AvgIpc) is 3.04. The second-order valence-corrected chi connectivity index (χ2v) is 8.41. The molecule has 0 aliphatic carbocycles. The number of aromatic nitrogens is 1. The van der Waals surface area contributed by atoms with E-state index in [-0.39, 0.29) is 0 Å². The van der Waals surface area contributed by atoms with Crippen molar-refractivity contribution in [3.63, 3.8) is 0 Å². The van der Waals surface area contributed by atoms with Crippen LogP contribution in [0.25, 0.3) is 0 Å². The van der Waals surface area contributed by atoms with E-state index < -0.39 is 10.0 Å². The first-order valence-electron chi connectivity index (χ1n) is 8.75. The highest BCUT2D eigenvalue weighted by Crippen LogP contribution is 2.29. The number of benzene rings is 1. The normalized spacial score (nSPS) is 16.1. The van der Waals surface area contributed by atoms with E-state index in [0.29, 0.717) is 43.2 Å². The predicted molar refractivity (Wildman–Crippen MR) is 99.3 cm³/mol. The highest BCUT2D eigenvalue weighted by Gasteiger charge is 2.31. The molecule has 0 unspecified atom stereocenters. The quantitative estimate of drug-likeness (QED) is 0.795. The number of nitrogens with zero attached hydrogens (tertiary/aromatic N) is 3. The van der Waals surface area contributed by atoms with Gasteiger partial charge in [0.05, 0.1) is 11.5 Å². The molecule has 1 aromatic carbocycles. The molecule has 2 aromatic rings. The van der Waals surface area contributed by atoms with E-state index in [2.05, 4.69) is 5.16 Å². The van der Waals surface area contributed by atoms with Crippen molar-refractivity contribution in [2.45, 2.75) is 32.6 Å². The second-order valence-electron chi connectivity index (χ2n) is 6.50. The van der Waals surface area contributed by atoms with Gasteiger partial charge in [-0.3, -0.25) is 0 Å². The first-order valence-corrected chi connectivity index (χ1v) is 10.2. The Morgan fingerprint density at radius 2 is 1.77 bits per heavy atom. The van der Waals surface area contributed by atoms with Crippen LogP contribution in [-0.2, 0) is 10.0 Å². The van der Waals surface area contributed by atoms with Crippen LogP contribution in [0.3, 0.4) is 0 Å².